The molecule has 2 aromatic rings. The zero-order valence-electron chi connectivity index (χ0n) is 18.6. The number of aromatic hydroxyl groups is 1. The SMILES string of the molecule is C[C@@H](NCC1CC[C@H](c2ccc(C(=O)N3CCC(O)CC3)cc2)C1)c1ccc(F)cc1O. The van der Waals surface area contributed by atoms with Crippen LogP contribution in [-0.2, 0) is 0 Å². The summed E-state index contributed by atoms with van der Waals surface area (Å²) in [4.78, 5) is 14.5. The van der Waals surface area contributed by atoms with Crippen LogP contribution >= 0.6 is 0 Å². The Morgan fingerprint density at radius 1 is 1.12 bits per heavy atom. The van der Waals surface area contributed by atoms with E-state index in [9.17, 15) is 19.4 Å². The number of piperidine rings is 1. The number of hydrogen-bond donors (Lipinski definition) is 3. The summed E-state index contributed by atoms with van der Waals surface area (Å²) in [6.07, 6.45) is 4.38. The van der Waals surface area contributed by atoms with Gasteiger partial charge >= 0.3 is 0 Å². The van der Waals surface area contributed by atoms with Crippen LogP contribution in [0.2, 0.25) is 0 Å². The molecule has 0 aromatic heterocycles. The summed E-state index contributed by atoms with van der Waals surface area (Å²) in [7, 11) is 0. The molecule has 172 valence electrons. The lowest BCUT2D eigenvalue weighted by molar-refractivity contribution is 0.0546. The molecule has 1 unspecified atom stereocenters. The van der Waals surface area contributed by atoms with Crippen molar-refractivity contribution in [3.8, 4) is 5.75 Å². The van der Waals surface area contributed by atoms with Crippen LogP contribution in [0.4, 0.5) is 4.39 Å². The van der Waals surface area contributed by atoms with Gasteiger partial charge in [-0.1, -0.05) is 18.2 Å². The molecule has 1 saturated heterocycles. The third-order valence-corrected chi connectivity index (χ3v) is 7.09. The number of rotatable bonds is 6. The maximum Gasteiger partial charge on any atom is 0.253 e. The van der Waals surface area contributed by atoms with Gasteiger partial charge in [0.05, 0.1) is 6.10 Å². The highest BCUT2D eigenvalue weighted by atomic mass is 19.1. The summed E-state index contributed by atoms with van der Waals surface area (Å²) < 4.78 is 13.2. The Hall–Kier alpha value is -2.44. The topological polar surface area (TPSA) is 72.8 Å². The molecule has 32 heavy (non-hydrogen) atoms. The minimum absolute atomic E-state index is 0.00957. The average molecular weight is 441 g/mol. The molecular formula is C26H33FN2O3. The van der Waals surface area contributed by atoms with E-state index < -0.39 is 5.82 Å². The Kier molecular flexibility index (Phi) is 7.11. The number of amides is 1. The standard InChI is InChI=1S/C26H33FN2O3/c1-17(24-9-8-22(27)15-25(24)31)28-16-18-2-3-21(14-18)19-4-6-20(7-5-19)26(32)29-12-10-23(30)11-13-29/h4-9,15,17-18,21,23,28,30-31H,2-3,10-14,16H2,1H3/t17-,18?,21+/m1/s1. The van der Waals surface area contributed by atoms with Crippen LogP contribution < -0.4 is 5.32 Å². The van der Waals surface area contributed by atoms with Gasteiger partial charge in [-0.2, -0.15) is 0 Å². The second-order valence-electron chi connectivity index (χ2n) is 9.35. The second-order valence-corrected chi connectivity index (χ2v) is 9.35. The molecule has 4 rings (SSSR count). The highest BCUT2D eigenvalue weighted by molar-refractivity contribution is 5.94. The molecule has 1 aliphatic heterocycles. The third-order valence-electron chi connectivity index (χ3n) is 7.09. The lowest BCUT2D eigenvalue weighted by Gasteiger charge is -2.29. The first-order valence-electron chi connectivity index (χ1n) is 11.7. The van der Waals surface area contributed by atoms with Crippen LogP contribution in [0.25, 0.3) is 0 Å². The van der Waals surface area contributed by atoms with Gasteiger partial charge in [-0.05, 0) is 81.2 Å². The van der Waals surface area contributed by atoms with E-state index in [1.54, 1.807) is 6.07 Å². The molecule has 6 heteroatoms. The van der Waals surface area contributed by atoms with Gasteiger partial charge in [0.2, 0.25) is 0 Å². The van der Waals surface area contributed by atoms with Crippen molar-refractivity contribution in [3.05, 3.63) is 65.0 Å². The monoisotopic (exact) mass is 440 g/mol. The van der Waals surface area contributed by atoms with Crippen LogP contribution in [-0.4, -0.2) is 46.8 Å². The highest BCUT2D eigenvalue weighted by Crippen LogP contribution is 2.38. The summed E-state index contributed by atoms with van der Waals surface area (Å²) in [6, 6.07) is 12.2. The predicted octanol–water partition coefficient (Wildman–Crippen LogP) is 4.36. The van der Waals surface area contributed by atoms with Gasteiger partial charge in [0.25, 0.3) is 5.91 Å². The lowest BCUT2D eigenvalue weighted by Crippen LogP contribution is -2.40. The molecule has 2 aliphatic rings. The molecule has 0 spiro atoms. The van der Waals surface area contributed by atoms with Crippen molar-refractivity contribution < 1.29 is 19.4 Å². The fourth-order valence-corrected chi connectivity index (χ4v) is 5.05. The second kappa shape index (κ2) is 10.0. The van der Waals surface area contributed by atoms with E-state index in [1.165, 1.54) is 11.6 Å². The smallest absolute Gasteiger partial charge is 0.253 e. The molecule has 3 atom stereocenters. The predicted molar refractivity (Wildman–Crippen MR) is 122 cm³/mol. The fourth-order valence-electron chi connectivity index (χ4n) is 5.05. The summed E-state index contributed by atoms with van der Waals surface area (Å²) in [5.41, 5.74) is 2.71. The third kappa shape index (κ3) is 5.30. The van der Waals surface area contributed by atoms with Crippen molar-refractivity contribution >= 4 is 5.91 Å². The van der Waals surface area contributed by atoms with Gasteiger partial charge in [0.1, 0.15) is 11.6 Å². The Labute approximate surface area is 189 Å². The number of phenolic OH excluding ortho intramolecular Hbond substituents is 1. The first-order valence-corrected chi connectivity index (χ1v) is 11.7. The van der Waals surface area contributed by atoms with Crippen LogP contribution in [0.3, 0.4) is 0 Å². The average Bonchev–Trinajstić information content (AvgIpc) is 3.27. The first kappa shape index (κ1) is 22.7. The number of aliphatic hydroxyl groups is 1. The lowest BCUT2D eigenvalue weighted by atomic mass is 9.95. The van der Waals surface area contributed by atoms with E-state index in [2.05, 4.69) is 17.4 Å². The highest BCUT2D eigenvalue weighted by Gasteiger charge is 2.27. The molecule has 1 aliphatic carbocycles. The molecule has 3 N–H and O–H groups in total. The number of likely N-dealkylation sites (tertiary alicyclic amines) is 1. The maximum absolute atomic E-state index is 13.2. The number of carbonyl (C=O) groups excluding carboxylic acids is 1. The summed E-state index contributed by atoms with van der Waals surface area (Å²) in [5, 5.41) is 23.1. The zero-order chi connectivity index (χ0) is 22.7. The fraction of sp³-hybridized carbons (Fsp3) is 0.500. The molecule has 5 nitrogen and oxygen atoms in total. The van der Waals surface area contributed by atoms with E-state index in [-0.39, 0.29) is 23.8 Å². The van der Waals surface area contributed by atoms with Crippen LogP contribution in [0.5, 0.6) is 5.75 Å². The van der Waals surface area contributed by atoms with Crippen molar-refractivity contribution in [2.45, 2.75) is 57.1 Å². The molecular weight excluding hydrogens is 407 g/mol. The van der Waals surface area contributed by atoms with E-state index >= 15 is 0 Å². The number of halogens is 1. The summed E-state index contributed by atoms with van der Waals surface area (Å²) >= 11 is 0. The molecule has 2 fully saturated rings. The van der Waals surface area contributed by atoms with Crippen LogP contribution in [0.1, 0.15) is 72.5 Å². The van der Waals surface area contributed by atoms with Crippen molar-refractivity contribution in [1.29, 1.82) is 0 Å². The van der Waals surface area contributed by atoms with Crippen molar-refractivity contribution in [2.24, 2.45) is 5.92 Å². The number of nitrogens with one attached hydrogen (secondary N) is 1. The van der Waals surface area contributed by atoms with E-state index in [1.807, 2.05) is 24.0 Å². The maximum atomic E-state index is 13.2. The Bertz CT molecular complexity index is 925. The van der Waals surface area contributed by atoms with Crippen LogP contribution in [0.15, 0.2) is 42.5 Å². The summed E-state index contributed by atoms with van der Waals surface area (Å²) in [5.74, 6) is 0.649. The van der Waals surface area contributed by atoms with Gasteiger partial charge < -0.3 is 20.4 Å². The molecule has 1 saturated carbocycles. The number of phenols is 1. The van der Waals surface area contributed by atoms with Crippen LogP contribution in [0, 0.1) is 11.7 Å². The number of nitrogens with zero attached hydrogens (tertiary/aromatic N) is 1. The number of carbonyl (C=O) groups is 1. The Morgan fingerprint density at radius 2 is 1.84 bits per heavy atom. The molecule has 0 bridgehead atoms. The zero-order valence-corrected chi connectivity index (χ0v) is 18.6. The van der Waals surface area contributed by atoms with Gasteiger partial charge in [-0.25, -0.2) is 4.39 Å². The van der Waals surface area contributed by atoms with E-state index in [4.69, 9.17) is 0 Å². The van der Waals surface area contributed by atoms with Gasteiger partial charge in [-0.15, -0.1) is 0 Å². The van der Waals surface area contributed by atoms with Gasteiger partial charge in [-0.3, -0.25) is 4.79 Å². The Balaban J connectivity index is 1.28. The largest absolute Gasteiger partial charge is 0.508 e. The minimum Gasteiger partial charge on any atom is -0.508 e. The van der Waals surface area contributed by atoms with Gasteiger partial charge in [0.15, 0.2) is 0 Å². The minimum atomic E-state index is -0.431. The normalized spacial score (nSPS) is 22.8. The first-order chi connectivity index (χ1) is 15.4. The quantitative estimate of drug-likeness (QED) is 0.624. The molecule has 0 radical (unpaired) electrons. The Morgan fingerprint density at radius 3 is 2.53 bits per heavy atom. The van der Waals surface area contributed by atoms with E-state index in [0.717, 1.165) is 31.9 Å². The van der Waals surface area contributed by atoms with Crippen molar-refractivity contribution in [1.82, 2.24) is 10.2 Å². The number of hydrogen-bond acceptors (Lipinski definition) is 4. The molecule has 1 amide bonds. The number of aliphatic hydroxyl groups excluding tert-OH is 1. The molecule has 2 aromatic carbocycles. The van der Waals surface area contributed by atoms with Crippen molar-refractivity contribution in [3.63, 3.8) is 0 Å². The van der Waals surface area contributed by atoms with E-state index in [0.29, 0.717) is 48.9 Å². The molecule has 1 heterocycles. The summed E-state index contributed by atoms with van der Waals surface area (Å²) in [6.45, 7) is 4.07. The number of benzene rings is 2. The van der Waals surface area contributed by atoms with Crippen molar-refractivity contribution in [2.75, 3.05) is 19.6 Å². The van der Waals surface area contributed by atoms with Gasteiger partial charge in [0, 0.05) is 36.3 Å².